The van der Waals surface area contributed by atoms with Crippen LogP contribution in [0.15, 0.2) is 4.99 Å². The number of hydrazine groups is 1. The van der Waals surface area contributed by atoms with Crippen LogP contribution in [0, 0.1) is 0 Å². The van der Waals surface area contributed by atoms with Crippen molar-refractivity contribution in [2.75, 3.05) is 7.05 Å². The highest BCUT2D eigenvalue weighted by molar-refractivity contribution is 5.79. The molecule has 104 valence electrons. The number of aliphatic imine (C=N–C) groups is 1. The third-order valence-corrected chi connectivity index (χ3v) is 4.47. The van der Waals surface area contributed by atoms with Crippen LogP contribution in [0.4, 0.5) is 0 Å². The number of hydrogen-bond acceptors (Lipinski definition) is 2. The maximum atomic E-state index is 5.68. The van der Waals surface area contributed by atoms with Gasteiger partial charge in [-0.15, -0.1) is 0 Å². The Morgan fingerprint density at radius 1 is 1.00 bits per heavy atom. The lowest BCUT2D eigenvalue weighted by Gasteiger charge is -2.30. The molecule has 2 aliphatic carbocycles. The molecule has 0 aromatic rings. The topological polar surface area (TPSA) is 53.6 Å². The molecular weight excluding hydrogens is 224 g/mol. The molecule has 0 radical (unpaired) electrons. The first-order valence-electron chi connectivity index (χ1n) is 7.58. The van der Waals surface area contributed by atoms with Gasteiger partial charge in [-0.05, 0) is 25.7 Å². The van der Waals surface area contributed by atoms with Gasteiger partial charge in [-0.2, -0.15) is 0 Å². The lowest BCUT2D eigenvalue weighted by Crippen LogP contribution is -2.48. The Labute approximate surface area is 111 Å². The number of rotatable bonds is 2. The summed E-state index contributed by atoms with van der Waals surface area (Å²) < 4.78 is 0. The molecule has 0 bridgehead atoms. The summed E-state index contributed by atoms with van der Waals surface area (Å²) in [6, 6.07) is 1.10. The van der Waals surface area contributed by atoms with E-state index in [2.05, 4.69) is 17.4 Å². The van der Waals surface area contributed by atoms with Gasteiger partial charge in [0.05, 0.1) is 6.04 Å². The molecule has 2 saturated carbocycles. The van der Waals surface area contributed by atoms with E-state index in [4.69, 9.17) is 10.8 Å². The minimum Gasteiger partial charge on any atom is -0.342 e. The van der Waals surface area contributed by atoms with Gasteiger partial charge in [-0.3, -0.25) is 5.43 Å². The maximum Gasteiger partial charge on any atom is 0.208 e. The largest absolute Gasteiger partial charge is 0.342 e. The van der Waals surface area contributed by atoms with Gasteiger partial charge in [0, 0.05) is 13.1 Å². The van der Waals surface area contributed by atoms with E-state index in [1.165, 1.54) is 64.2 Å². The third kappa shape index (κ3) is 3.61. The van der Waals surface area contributed by atoms with E-state index in [0.29, 0.717) is 12.1 Å². The molecule has 18 heavy (non-hydrogen) atoms. The van der Waals surface area contributed by atoms with Gasteiger partial charge in [0.25, 0.3) is 0 Å². The number of guanidine groups is 1. The van der Waals surface area contributed by atoms with Crippen molar-refractivity contribution in [1.82, 2.24) is 10.3 Å². The van der Waals surface area contributed by atoms with Gasteiger partial charge in [-0.25, -0.2) is 10.8 Å². The van der Waals surface area contributed by atoms with E-state index in [0.717, 1.165) is 5.96 Å². The second-order valence-electron chi connectivity index (χ2n) is 5.79. The molecule has 4 heteroatoms. The SMILES string of the molecule is CN(C(=NC1CCCC1)NN)C1CCCCCC1. The summed E-state index contributed by atoms with van der Waals surface area (Å²) in [5.74, 6) is 6.57. The average Bonchev–Trinajstić information content (AvgIpc) is 2.75. The van der Waals surface area contributed by atoms with Crippen molar-refractivity contribution in [3.8, 4) is 0 Å². The van der Waals surface area contributed by atoms with Crippen molar-refractivity contribution in [3.05, 3.63) is 0 Å². The van der Waals surface area contributed by atoms with E-state index in [9.17, 15) is 0 Å². The van der Waals surface area contributed by atoms with Gasteiger partial charge >= 0.3 is 0 Å². The second kappa shape index (κ2) is 6.98. The fourth-order valence-corrected chi connectivity index (χ4v) is 3.25. The second-order valence-corrected chi connectivity index (χ2v) is 5.79. The lowest BCUT2D eigenvalue weighted by atomic mass is 10.1. The fourth-order valence-electron chi connectivity index (χ4n) is 3.25. The predicted octanol–water partition coefficient (Wildman–Crippen LogP) is 2.40. The van der Waals surface area contributed by atoms with Gasteiger partial charge < -0.3 is 4.90 Å². The van der Waals surface area contributed by atoms with E-state index in [1.54, 1.807) is 0 Å². The highest BCUT2D eigenvalue weighted by Gasteiger charge is 2.21. The summed E-state index contributed by atoms with van der Waals surface area (Å²) in [5.41, 5.74) is 2.82. The summed E-state index contributed by atoms with van der Waals surface area (Å²) >= 11 is 0. The van der Waals surface area contributed by atoms with Crippen LogP contribution in [-0.4, -0.2) is 30.0 Å². The first-order valence-corrected chi connectivity index (χ1v) is 7.58. The smallest absolute Gasteiger partial charge is 0.208 e. The molecule has 2 fully saturated rings. The van der Waals surface area contributed by atoms with Gasteiger partial charge in [0.2, 0.25) is 5.96 Å². The quantitative estimate of drug-likeness (QED) is 0.261. The lowest BCUT2D eigenvalue weighted by molar-refractivity contribution is 0.319. The molecule has 0 spiro atoms. The molecule has 0 heterocycles. The molecule has 0 saturated heterocycles. The molecule has 2 aliphatic rings. The first kappa shape index (κ1) is 13.7. The Morgan fingerprint density at radius 2 is 1.56 bits per heavy atom. The fraction of sp³-hybridized carbons (Fsp3) is 0.929. The van der Waals surface area contributed by atoms with Gasteiger partial charge in [-0.1, -0.05) is 38.5 Å². The molecule has 0 atom stereocenters. The van der Waals surface area contributed by atoms with Crippen LogP contribution in [0.1, 0.15) is 64.2 Å². The predicted molar refractivity (Wildman–Crippen MR) is 76.3 cm³/mol. The Bertz CT molecular complexity index is 263. The molecule has 0 unspecified atom stereocenters. The molecule has 0 aromatic heterocycles. The maximum absolute atomic E-state index is 5.68. The normalized spacial score (nSPS) is 24.0. The minimum atomic E-state index is 0.490. The zero-order valence-electron chi connectivity index (χ0n) is 11.7. The van der Waals surface area contributed by atoms with Crippen molar-refractivity contribution in [2.45, 2.75) is 76.3 Å². The summed E-state index contributed by atoms with van der Waals surface area (Å²) in [6.07, 6.45) is 13.1. The summed E-state index contributed by atoms with van der Waals surface area (Å²) in [5, 5.41) is 0. The van der Waals surface area contributed by atoms with E-state index in [-0.39, 0.29) is 0 Å². The Hall–Kier alpha value is -0.770. The molecule has 4 nitrogen and oxygen atoms in total. The highest BCUT2D eigenvalue weighted by Crippen LogP contribution is 2.23. The zero-order chi connectivity index (χ0) is 12.8. The molecular formula is C14H28N4. The molecule has 0 aliphatic heterocycles. The Morgan fingerprint density at radius 3 is 2.11 bits per heavy atom. The summed E-state index contributed by atoms with van der Waals surface area (Å²) in [6.45, 7) is 0. The monoisotopic (exact) mass is 252 g/mol. The van der Waals surface area contributed by atoms with Crippen molar-refractivity contribution in [2.24, 2.45) is 10.8 Å². The highest BCUT2D eigenvalue weighted by atomic mass is 15.4. The molecule has 0 amide bonds. The summed E-state index contributed by atoms with van der Waals surface area (Å²) in [7, 11) is 2.14. The van der Waals surface area contributed by atoms with E-state index >= 15 is 0 Å². The van der Waals surface area contributed by atoms with Crippen molar-refractivity contribution >= 4 is 5.96 Å². The number of nitrogens with zero attached hydrogens (tertiary/aromatic N) is 2. The van der Waals surface area contributed by atoms with Crippen LogP contribution in [-0.2, 0) is 0 Å². The number of nitrogens with one attached hydrogen (secondary N) is 1. The van der Waals surface area contributed by atoms with E-state index in [1.807, 2.05) is 0 Å². The molecule has 2 rings (SSSR count). The molecule has 0 aromatic carbocycles. The van der Waals surface area contributed by atoms with Gasteiger partial charge in [0.1, 0.15) is 0 Å². The first-order chi connectivity index (χ1) is 8.81. The van der Waals surface area contributed by atoms with Crippen LogP contribution < -0.4 is 11.3 Å². The third-order valence-electron chi connectivity index (χ3n) is 4.47. The Balaban J connectivity index is 1.96. The Kier molecular flexibility index (Phi) is 5.29. The average molecular weight is 252 g/mol. The van der Waals surface area contributed by atoms with Crippen LogP contribution in [0.2, 0.25) is 0 Å². The standard InChI is InChI=1S/C14H28N4/c1-18(13-10-4-2-3-5-11-13)14(17-15)16-12-8-6-7-9-12/h12-13H,2-11,15H2,1H3,(H,16,17). The summed E-state index contributed by atoms with van der Waals surface area (Å²) in [4.78, 5) is 7.09. The van der Waals surface area contributed by atoms with Crippen molar-refractivity contribution in [1.29, 1.82) is 0 Å². The van der Waals surface area contributed by atoms with E-state index < -0.39 is 0 Å². The van der Waals surface area contributed by atoms with Crippen LogP contribution in [0.25, 0.3) is 0 Å². The number of hydrogen-bond donors (Lipinski definition) is 2. The zero-order valence-corrected chi connectivity index (χ0v) is 11.7. The van der Waals surface area contributed by atoms with Crippen LogP contribution in [0.5, 0.6) is 0 Å². The van der Waals surface area contributed by atoms with Crippen LogP contribution in [0.3, 0.4) is 0 Å². The van der Waals surface area contributed by atoms with Crippen molar-refractivity contribution < 1.29 is 0 Å². The number of nitrogens with two attached hydrogens (primary N) is 1. The van der Waals surface area contributed by atoms with Gasteiger partial charge in [0.15, 0.2) is 0 Å². The molecule has 3 N–H and O–H groups in total. The van der Waals surface area contributed by atoms with Crippen LogP contribution >= 0.6 is 0 Å². The van der Waals surface area contributed by atoms with Crippen molar-refractivity contribution in [3.63, 3.8) is 0 Å². The minimum absolute atomic E-state index is 0.490.